The van der Waals surface area contributed by atoms with E-state index in [0.29, 0.717) is 11.4 Å². The smallest absolute Gasteiger partial charge is 0.317 e. The van der Waals surface area contributed by atoms with Gasteiger partial charge in [-0.2, -0.15) is 0 Å². The second-order valence-corrected chi connectivity index (χ2v) is 11.8. The van der Waals surface area contributed by atoms with Gasteiger partial charge in [0.15, 0.2) is 0 Å². The number of nitrogens with zero attached hydrogens (tertiary/aromatic N) is 2. The Morgan fingerprint density at radius 2 is 1.42 bits per heavy atom. The molecular weight excluding hydrogens is 474 g/mol. The van der Waals surface area contributed by atoms with Crippen molar-refractivity contribution < 1.29 is 14.4 Å². The lowest BCUT2D eigenvalue weighted by Crippen LogP contribution is -2.54. The van der Waals surface area contributed by atoms with Crippen molar-refractivity contribution in [2.75, 3.05) is 4.90 Å². The third-order valence-corrected chi connectivity index (χ3v) is 9.26. The standard InChI is InChI=1S/C32H31N3O3/c1-20-4-8-25(9-5-20)34-12-2-3-27(34)16-28-29(36)33-31(38)35(30(28)37)26-10-6-24(7-11-26)32-17-21-13-22(18-32)15-23(14-21)19-32/h2-12,16,21-23H,13-15,17-19H2,1H3,(H,33,36,38). The van der Waals surface area contributed by atoms with E-state index in [2.05, 4.69) is 17.4 Å². The lowest BCUT2D eigenvalue weighted by atomic mass is 9.48. The molecule has 1 saturated heterocycles. The molecule has 8 rings (SSSR count). The first-order chi connectivity index (χ1) is 18.4. The van der Waals surface area contributed by atoms with Crippen molar-refractivity contribution in [2.45, 2.75) is 50.9 Å². The van der Waals surface area contributed by atoms with Crippen LogP contribution >= 0.6 is 0 Å². The van der Waals surface area contributed by atoms with Crippen LogP contribution in [0.15, 0.2) is 72.4 Å². The fourth-order valence-corrected chi connectivity index (χ4v) is 7.92. The molecule has 6 heteroatoms. The minimum Gasteiger partial charge on any atom is -0.317 e. The molecule has 5 fully saturated rings. The number of rotatable bonds is 4. The van der Waals surface area contributed by atoms with Crippen LogP contribution in [0.1, 0.15) is 55.3 Å². The van der Waals surface area contributed by atoms with Crippen LogP contribution in [0.5, 0.6) is 0 Å². The van der Waals surface area contributed by atoms with Crippen LogP contribution in [0.2, 0.25) is 0 Å². The summed E-state index contributed by atoms with van der Waals surface area (Å²) in [5.74, 6) is 1.23. The molecule has 0 atom stereocenters. The molecule has 38 heavy (non-hydrogen) atoms. The zero-order valence-electron chi connectivity index (χ0n) is 21.5. The third-order valence-electron chi connectivity index (χ3n) is 9.26. The van der Waals surface area contributed by atoms with Crippen molar-refractivity contribution in [2.24, 2.45) is 17.8 Å². The van der Waals surface area contributed by atoms with Crippen molar-refractivity contribution in [3.05, 3.63) is 89.3 Å². The first-order valence-corrected chi connectivity index (χ1v) is 13.6. The van der Waals surface area contributed by atoms with Gasteiger partial charge in [0, 0.05) is 17.6 Å². The average Bonchev–Trinajstić information content (AvgIpc) is 3.35. The summed E-state index contributed by atoms with van der Waals surface area (Å²) in [6.45, 7) is 2.02. The van der Waals surface area contributed by atoms with Gasteiger partial charge in [-0.25, -0.2) is 9.69 Å². The molecule has 5 aliphatic rings. The van der Waals surface area contributed by atoms with Crippen molar-refractivity contribution in [1.82, 2.24) is 9.88 Å². The van der Waals surface area contributed by atoms with E-state index in [9.17, 15) is 14.4 Å². The molecule has 4 saturated carbocycles. The summed E-state index contributed by atoms with van der Waals surface area (Å²) in [4.78, 5) is 40.2. The molecule has 0 spiro atoms. The summed E-state index contributed by atoms with van der Waals surface area (Å²) in [6, 6.07) is 18.9. The molecule has 4 bridgehead atoms. The highest BCUT2D eigenvalue weighted by atomic mass is 16.2. The van der Waals surface area contributed by atoms with Crippen LogP contribution in [0.25, 0.3) is 11.8 Å². The highest BCUT2D eigenvalue weighted by Gasteiger charge is 2.51. The summed E-state index contributed by atoms with van der Waals surface area (Å²) in [6.07, 6.45) is 11.4. The van der Waals surface area contributed by atoms with E-state index >= 15 is 0 Å². The summed E-state index contributed by atoms with van der Waals surface area (Å²) >= 11 is 0. The first kappa shape index (κ1) is 23.2. The quantitative estimate of drug-likeness (QED) is 0.353. The van der Waals surface area contributed by atoms with Gasteiger partial charge in [0.1, 0.15) is 5.57 Å². The van der Waals surface area contributed by atoms with Gasteiger partial charge in [0.05, 0.1) is 5.69 Å². The van der Waals surface area contributed by atoms with Crippen molar-refractivity contribution in [3.8, 4) is 5.69 Å². The Morgan fingerprint density at radius 3 is 2.05 bits per heavy atom. The van der Waals surface area contributed by atoms with E-state index in [1.807, 2.05) is 66.2 Å². The minimum atomic E-state index is -0.714. The van der Waals surface area contributed by atoms with Crippen LogP contribution in [-0.2, 0) is 15.0 Å². The number of barbiturate groups is 1. The molecule has 4 amide bonds. The van der Waals surface area contributed by atoms with Gasteiger partial charge in [-0.05, 0) is 117 Å². The van der Waals surface area contributed by atoms with E-state index < -0.39 is 17.8 Å². The first-order valence-electron chi connectivity index (χ1n) is 13.6. The number of hydrogen-bond donors (Lipinski definition) is 1. The largest absolute Gasteiger partial charge is 0.335 e. The Morgan fingerprint density at radius 1 is 0.816 bits per heavy atom. The van der Waals surface area contributed by atoms with Crippen LogP contribution in [-0.4, -0.2) is 22.4 Å². The molecule has 4 aliphatic carbocycles. The second-order valence-electron chi connectivity index (χ2n) is 11.8. The number of benzene rings is 2. The summed E-state index contributed by atoms with van der Waals surface area (Å²) < 4.78 is 1.91. The lowest BCUT2D eigenvalue weighted by molar-refractivity contribution is -0.122. The van der Waals surface area contributed by atoms with E-state index in [0.717, 1.165) is 33.9 Å². The Bertz CT molecular complexity index is 1440. The number of aromatic nitrogens is 1. The van der Waals surface area contributed by atoms with E-state index in [4.69, 9.17) is 0 Å². The third kappa shape index (κ3) is 3.73. The Hall–Kier alpha value is -3.93. The van der Waals surface area contributed by atoms with E-state index in [-0.39, 0.29) is 11.0 Å². The minimum absolute atomic E-state index is 0.0678. The average molecular weight is 506 g/mol. The van der Waals surface area contributed by atoms with Gasteiger partial charge in [-0.15, -0.1) is 0 Å². The van der Waals surface area contributed by atoms with Crippen molar-refractivity contribution >= 4 is 29.6 Å². The molecule has 192 valence electrons. The number of carbonyl (C=O) groups is 3. The topological polar surface area (TPSA) is 71.4 Å². The van der Waals surface area contributed by atoms with Gasteiger partial charge in [-0.1, -0.05) is 29.8 Å². The van der Waals surface area contributed by atoms with Crippen LogP contribution in [0.4, 0.5) is 10.5 Å². The van der Waals surface area contributed by atoms with E-state index in [1.165, 1.54) is 44.1 Å². The zero-order valence-corrected chi connectivity index (χ0v) is 21.5. The van der Waals surface area contributed by atoms with Crippen LogP contribution < -0.4 is 10.2 Å². The van der Waals surface area contributed by atoms with Gasteiger partial charge in [0.2, 0.25) is 0 Å². The van der Waals surface area contributed by atoms with Crippen LogP contribution in [0, 0.1) is 24.7 Å². The monoisotopic (exact) mass is 505 g/mol. The van der Waals surface area contributed by atoms with Crippen LogP contribution in [0.3, 0.4) is 0 Å². The fraction of sp³-hybridized carbons (Fsp3) is 0.344. The Balaban J connectivity index is 1.18. The number of aryl methyl sites for hydroxylation is 1. The molecule has 1 N–H and O–H groups in total. The molecule has 1 aliphatic heterocycles. The Kier molecular flexibility index (Phi) is 5.22. The number of imide groups is 2. The Labute approximate surface area is 222 Å². The molecule has 3 aromatic rings. The number of carbonyl (C=O) groups excluding carboxylic acids is 3. The number of nitrogens with one attached hydrogen (secondary N) is 1. The number of amides is 4. The van der Waals surface area contributed by atoms with Gasteiger partial charge in [-0.3, -0.25) is 14.9 Å². The molecule has 1 aromatic heterocycles. The molecule has 2 heterocycles. The maximum absolute atomic E-state index is 13.5. The van der Waals surface area contributed by atoms with Crippen molar-refractivity contribution in [1.29, 1.82) is 0 Å². The molecular formula is C32H31N3O3. The molecule has 0 radical (unpaired) electrons. The summed E-state index contributed by atoms with van der Waals surface area (Å²) in [5, 5.41) is 2.36. The molecule has 2 aromatic carbocycles. The van der Waals surface area contributed by atoms with Gasteiger partial charge >= 0.3 is 6.03 Å². The summed E-state index contributed by atoms with van der Waals surface area (Å²) in [5.41, 5.74) is 4.72. The highest BCUT2D eigenvalue weighted by molar-refractivity contribution is 6.39. The number of hydrogen-bond acceptors (Lipinski definition) is 3. The highest BCUT2D eigenvalue weighted by Crippen LogP contribution is 2.60. The van der Waals surface area contributed by atoms with Crippen molar-refractivity contribution in [3.63, 3.8) is 0 Å². The normalized spacial score (nSPS) is 29.3. The lowest BCUT2D eigenvalue weighted by Gasteiger charge is -2.57. The fourth-order valence-electron chi connectivity index (χ4n) is 7.92. The second kappa shape index (κ2) is 8.55. The SMILES string of the molecule is Cc1ccc(-n2cccc2C=C2C(=O)NC(=O)N(c3ccc(C45CC6CC(CC(C6)C4)C5)cc3)C2=O)cc1. The predicted octanol–water partition coefficient (Wildman–Crippen LogP) is 5.92. The number of anilines is 1. The van der Waals surface area contributed by atoms with E-state index in [1.54, 1.807) is 6.08 Å². The molecule has 0 unspecified atom stereocenters. The number of urea groups is 1. The maximum Gasteiger partial charge on any atom is 0.335 e. The predicted molar refractivity (Wildman–Crippen MR) is 146 cm³/mol. The molecule has 6 nitrogen and oxygen atoms in total. The van der Waals surface area contributed by atoms with Gasteiger partial charge < -0.3 is 4.57 Å². The maximum atomic E-state index is 13.5. The zero-order chi connectivity index (χ0) is 26.0. The van der Waals surface area contributed by atoms with Gasteiger partial charge in [0.25, 0.3) is 11.8 Å². The summed E-state index contributed by atoms with van der Waals surface area (Å²) in [7, 11) is 0.